The molecule has 3 rings (SSSR count). The number of thiophene rings is 1. The second-order valence-corrected chi connectivity index (χ2v) is 5.44. The molecule has 110 valence electrons. The van der Waals surface area contributed by atoms with Crippen LogP contribution in [-0.2, 0) is 0 Å². The van der Waals surface area contributed by atoms with Crippen LogP contribution in [0.5, 0.6) is 5.75 Å². The van der Waals surface area contributed by atoms with Crippen molar-refractivity contribution in [1.82, 2.24) is 5.43 Å². The molecule has 5 heteroatoms. The number of benzene rings is 2. The van der Waals surface area contributed by atoms with Gasteiger partial charge in [-0.05, 0) is 39.7 Å². The van der Waals surface area contributed by atoms with Gasteiger partial charge in [0.05, 0.1) is 18.9 Å². The molecule has 0 aliphatic carbocycles. The van der Waals surface area contributed by atoms with Crippen LogP contribution in [0.1, 0.15) is 15.9 Å². The fraction of sp³-hybridized carbons (Fsp3) is 0.0588. The van der Waals surface area contributed by atoms with E-state index in [1.165, 1.54) is 0 Å². The minimum atomic E-state index is -0.297. The first-order valence-electron chi connectivity index (χ1n) is 6.70. The van der Waals surface area contributed by atoms with Crippen LogP contribution in [0, 0.1) is 0 Å². The van der Waals surface area contributed by atoms with E-state index in [0.717, 1.165) is 16.3 Å². The number of ether oxygens (including phenoxy) is 1. The standard InChI is InChI=1S/C17H14N2O2S/c1-21-16-9-14-5-3-2-4-13(14)8-15(16)17(20)19-18-10-12-6-7-22-11-12/h2-11H,1H3,(H,19,20). The zero-order valence-corrected chi connectivity index (χ0v) is 12.8. The Labute approximate surface area is 132 Å². The SMILES string of the molecule is COc1cc2ccccc2cc1C(=O)NN=Cc1ccsc1. The Balaban J connectivity index is 1.86. The fourth-order valence-corrected chi connectivity index (χ4v) is 2.75. The number of nitrogens with one attached hydrogen (secondary N) is 1. The molecule has 0 fully saturated rings. The highest BCUT2D eigenvalue weighted by molar-refractivity contribution is 7.08. The van der Waals surface area contributed by atoms with Crippen molar-refractivity contribution >= 4 is 34.2 Å². The molecule has 0 bridgehead atoms. The van der Waals surface area contributed by atoms with Crippen molar-refractivity contribution in [3.05, 3.63) is 64.4 Å². The summed E-state index contributed by atoms with van der Waals surface area (Å²) in [5, 5.41) is 9.88. The number of amides is 1. The van der Waals surface area contributed by atoms with E-state index < -0.39 is 0 Å². The van der Waals surface area contributed by atoms with Crippen LogP contribution in [0.3, 0.4) is 0 Å². The third kappa shape index (κ3) is 2.99. The lowest BCUT2D eigenvalue weighted by atomic mass is 10.1. The number of carbonyl (C=O) groups excluding carboxylic acids is 1. The molecule has 0 aliphatic rings. The maximum absolute atomic E-state index is 12.3. The van der Waals surface area contributed by atoms with E-state index in [4.69, 9.17) is 4.74 Å². The number of hydrogen-bond acceptors (Lipinski definition) is 4. The van der Waals surface area contributed by atoms with E-state index in [9.17, 15) is 4.79 Å². The smallest absolute Gasteiger partial charge is 0.275 e. The van der Waals surface area contributed by atoms with Crippen LogP contribution < -0.4 is 10.2 Å². The molecule has 1 aromatic heterocycles. The molecule has 4 nitrogen and oxygen atoms in total. The molecule has 3 aromatic rings. The van der Waals surface area contributed by atoms with Gasteiger partial charge in [0.1, 0.15) is 5.75 Å². The minimum absolute atomic E-state index is 0.297. The number of fused-ring (bicyclic) bond motifs is 1. The molecule has 0 saturated carbocycles. The van der Waals surface area contributed by atoms with Crippen LogP contribution in [0.4, 0.5) is 0 Å². The van der Waals surface area contributed by atoms with Gasteiger partial charge >= 0.3 is 0 Å². The van der Waals surface area contributed by atoms with Gasteiger partial charge in [-0.15, -0.1) is 0 Å². The first-order chi connectivity index (χ1) is 10.8. The summed E-state index contributed by atoms with van der Waals surface area (Å²) in [5.41, 5.74) is 3.95. The van der Waals surface area contributed by atoms with Crippen molar-refractivity contribution in [2.24, 2.45) is 5.10 Å². The molecule has 0 unspecified atom stereocenters. The van der Waals surface area contributed by atoms with Gasteiger partial charge in [0.25, 0.3) is 5.91 Å². The first-order valence-corrected chi connectivity index (χ1v) is 7.64. The molecular weight excluding hydrogens is 296 g/mol. The van der Waals surface area contributed by atoms with Crippen LogP contribution in [0.2, 0.25) is 0 Å². The summed E-state index contributed by atoms with van der Waals surface area (Å²) in [6, 6.07) is 13.4. The van der Waals surface area contributed by atoms with Crippen LogP contribution in [-0.4, -0.2) is 19.2 Å². The van der Waals surface area contributed by atoms with E-state index in [1.807, 2.05) is 53.2 Å². The monoisotopic (exact) mass is 310 g/mol. The van der Waals surface area contributed by atoms with Gasteiger partial charge in [0.15, 0.2) is 0 Å². The molecule has 0 atom stereocenters. The Kier molecular flexibility index (Phi) is 4.16. The number of carbonyl (C=O) groups is 1. The lowest BCUT2D eigenvalue weighted by Gasteiger charge is -2.09. The van der Waals surface area contributed by atoms with Crippen molar-refractivity contribution in [1.29, 1.82) is 0 Å². The fourth-order valence-electron chi connectivity index (χ4n) is 2.14. The lowest BCUT2D eigenvalue weighted by Crippen LogP contribution is -2.18. The van der Waals surface area contributed by atoms with Gasteiger partial charge in [-0.1, -0.05) is 24.3 Å². The Morgan fingerprint density at radius 3 is 2.68 bits per heavy atom. The van der Waals surface area contributed by atoms with Crippen LogP contribution in [0.25, 0.3) is 10.8 Å². The van der Waals surface area contributed by atoms with Crippen molar-refractivity contribution < 1.29 is 9.53 Å². The number of nitrogens with zero attached hydrogens (tertiary/aromatic N) is 1. The number of methoxy groups -OCH3 is 1. The van der Waals surface area contributed by atoms with E-state index in [0.29, 0.717) is 11.3 Å². The topological polar surface area (TPSA) is 50.7 Å². The molecule has 1 heterocycles. The summed E-state index contributed by atoms with van der Waals surface area (Å²) in [6.45, 7) is 0. The molecule has 2 aromatic carbocycles. The average Bonchev–Trinajstić information content (AvgIpc) is 3.06. The maximum Gasteiger partial charge on any atom is 0.275 e. The van der Waals surface area contributed by atoms with Gasteiger partial charge in [-0.3, -0.25) is 4.79 Å². The maximum atomic E-state index is 12.3. The van der Waals surface area contributed by atoms with E-state index in [1.54, 1.807) is 24.7 Å². The van der Waals surface area contributed by atoms with Gasteiger partial charge in [-0.25, -0.2) is 5.43 Å². The highest BCUT2D eigenvalue weighted by Crippen LogP contribution is 2.25. The second kappa shape index (κ2) is 6.41. The average molecular weight is 310 g/mol. The van der Waals surface area contributed by atoms with Gasteiger partial charge in [-0.2, -0.15) is 16.4 Å². The molecule has 0 saturated heterocycles. The number of hydrazone groups is 1. The normalized spacial score (nSPS) is 11.0. The second-order valence-electron chi connectivity index (χ2n) is 4.66. The molecule has 0 aliphatic heterocycles. The lowest BCUT2D eigenvalue weighted by molar-refractivity contribution is 0.0952. The molecule has 22 heavy (non-hydrogen) atoms. The van der Waals surface area contributed by atoms with Gasteiger partial charge in [0, 0.05) is 5.56 Å². The van der Waals surface area contributed by atoms with Gasteiger partial charge < -0.3 is 4.74 Å². The quantitative estimate of drug-likeness (QED) is 0.590. The van der Waals surface area contributed by atoms with E-state index in [-0.39, 0.29) is 5.91 Å². The predicted molar refractivity (Wildman–Crippen MR) is 89.9 cm³/mol. The summed E-state index contributed by atoms with van der Waals surface area (Å²) >= 11 is 1.58. The van der Waals surface area contributed by atoms with E-state index >= 15 is 0 Å². The molecule has 1 N–H and O–H groups in total. The van der Waals surface area contributed by atoms with Crippen molar-refractivity contribution in [3.8, 4) is 5.75 Å². The Bertz CT molecular complexity index is 826. The minimum Gasteiger partial charge on any atom is -0.496 e. The molecule has 1 amide bonds. The zero-order chi connectivity index (χ0) is 15.4. The highest BCUT2D eigenvalue weighted by atomic mass is 32.1. The Hall–Kier alpha value is -2.66. The summed E-state index contributed by atoms with van der Waals surface area (Å²) in [6.07, 6.45) is 1.61. The summed E-state index contributed by atoms with van der Waals surface area (Å²) in [4.78, 5) is 12.3. The Morgan fingerprint density at radius 1 is 1.23 bits per heavy atom. The Morgan fingerprint density at radius 2 is 2.00 bits per heavy atom. The largest absolute Gasteiger partial charge is 0.496 e. The van der Waals surface area contributed by atoms with E-state index in [2.05, 4.69) is 10.5 Å². The van der Waals surface area contributed by atoms with Crippen molar-refractivity contribution in [3.63, 3.8) is 0 Å². The third-order valence-corrected chi connectivity index (χ3v) is 3.94. The van der Waals surface area contributed by atoms with Crippen LogP contribution in [0.15, 0.2) is 58.3 Å². The predicted octanol–water partition coefficient (Wildman–Crippen LogP) is 3.67. The zero-order valence-electron chi connectivity index (χ0n) is 11.9. The summed E-state index contributed by atoms with van der Waals surface area (Å²) in [7, 11) is 1.55. The first kappa shape index (κ1) is 14.3. The van der Waals surface area contributed by atoms with Crippen LogP contribution >= 0.6 is 11.3 Å². The van der Waals surface area contributed by atoms with Gasteiger partial charge in [0.2, 0.25) is 0 Å². The molecule has 0 spiro atoms. The number of hydrogen-bond donors (Lipinski definition) is 1. The third-order valence-electron chi connectivity index (χ3n) is 3.24. The molecular formula is C17H14N2O2S. The highest BCUT2D eigenvalue weighted by Gasteiger charge is 2.12. The summed E-state index contributed by atoms with van der Waals surface area (Å²) < 4.78 is 5.32. The molecule has 0 radical (unpaired) electrons. The van der Waals surface area contributed by atoms with Crippen molar-refractivity contribution in [2.75, 3.05) is 7.11 Å². The summed E-state index contributed by atoms with van der Waals surface area (Å²) in [5.74, 6) is 0.232. The number of rotatable bonds is 4. The van der Waals surface area contributed by atoms with Crippen molar-refractivity contribution in [2.45, 2.75) is 0 Å².